The Morgan fingerprint density at radius 3 is 2.45 bits per heavy atom. The number of anilines is 1. The molecule has 0 bridgehead atoms. The van der Waals surface area contributed by atoms with Crippen molar-refractivity contribution >= 4 is 33.5 Å². The molecule has 1 heterocycles. The molecule has 1 fully saturated rings. The number of hydrogen-bond donors (Lipinski definition) is 2. The topological polar surface area (TPSA) is 83.6 Å². The van der Waals surface area contributed by atoms with Crippen molar-refractivity contribution in [3.05, 3.63) is 28.2 Å². The van der Waals surface area contributed by atoms with E-state index in [0.29, 0.717) is 31.5 Å². The Kier molecular flexibility index (Phi) is 4.04. The second-order valence-electron chi connectivity index (χ2n) is 5.38. The average Bonchev–Trinajstić information content (AvgIpc) is 2.39. The molecule has 0 unspecified atom stereocenters. The third-order valence-electron chi connectivity index (χ3n) is 3.95. The molecule has 1 saturated heterocycles. The van der Waals surface area contributed by atoms with Crippen LogP contribution in [0.15, 0.2) is 22.7 Å². The minimum atomic E-state index is -0.762. The summed E-state index contributed by atoms with van der Waals surface area (Å²) in [5, 5.41) is 9.24. The third-order valence-corrected chi connectivity index (χ3v) is 4.44. The maximum atomic E-state index is 11.5. The molecule has 3 N–H and O–H groups in total. The smallest absolute Gasteiger partial charge is 0.309 e. The van der Waals surface area contributed by atoms with Gasteiger partial charge in [0, 0.05) is 17.6 Å². The molecule has 1 amide bonds. The van der Waals surface area contributed by atoms with Crippen LogP contribution in [0.3, 0.4) is 0 Å². The molecule has 20 heavy (non-hydrogen) atoms. The summed E-state index contributed by atoms with van der Waals surface area (Å²) < 4.78 is 0.865. The van der Waals surface area contributed by atoms with Crippen LogP contribution in [0.2, 0.25) is 0 Å². The van der Waals surface area contributed by atoms with Gasteiger partial charge in [-0.3, -0.25) is 9.59 Å². The molecule has 0 saturated carbocycles. The second kappa shape index (κ2) is 5.44. The van der Waals surface area contributed by atoms with E-state index in [2.05, 4.69) is 15.9 Å². The highest BCUT2D eigenvalue weighted by molar-refractivity contribution is 9.10. The quantitative estimate of drug-likeness (QED) is 0.883. The SMILES string of the molecule is CC1(C(=O)O)CCN(c2cc(Br)ccc2C(N)=O)CC1. The summed E-state index contributed by atoms with van der Waals surface area (Å²) in [5.41, 5.74) is 5.94. The number of benzene rings is 1. The fraction of sp³-hybridized carbons (Fsp3) is 0.429. The van der Waals surface area contributed by atoms with Crippen LogP contribution in [-0.4, -0.2) is 30.1 Å². The van der Waals surface area contributed by atoms with Gasteiger partial charge in [-0.2, -0.15) is 0 Å². The lowest BCUT2D eigenvalue weighted by Gasteiger charge is -2.38. The third kappa shape index (κ3) is 2.80. The Morgan fingerprint density at radius 1 is 1.35 bits per heavy atom. The normalized spacial score (nSPS) is 17.8. The van der Waals surface area contributed by atoms with Crippen LogP contribution < -0.4 is 10.6 Å². The Balaban J connectivity index is 2.25. The van der Waals surface area contributed by atoms with Crippen LogP contribution in [0, 0.1) is 5.41 Å². The molecule has 108 valence electrons. The maximum absolute atomic E-state index is 11.5. The standard InChI is InChI=1S/C14H17BrN2O3/c1-14(13(19)20)4-6-17(7-5-14)11-8-9(15)2-3-10(11)12(16)18/h2-3,8H,4-7H2,1H3,(H2,16,18)(H,19,20). The first-order chi connectivity index (χ1) is 9.33. The Labute approximate surface area is 125 Å². The van der Waals surface area contributed by atoms with Gasteiger partial charge in [0.05, 0.1) is 16.7 Å². The van der Waals surface area contributed by atoms with Crippen LogP contribution in [0.25, 0.3) is 0 Å². The minimum absolute atomic E-state index is 0.465. The molecule has 0 spiro atoms. The van der Waals surface area contributed by atoms with E-state index in [0.717, 1.165) is 10.2 Å². The molecule has 0 radical (unpaired) electrons. The summed E-state index contributed by atoms with van der Waals surface area (Å²) in [4.78, 5) is 24.8. The first-order valence-electron chi connectivity index (χ1n) is 6.41. The van der Waals surface area contributed by atoms with Gasteiger partial charge in [-0.1, -0.05) is 15.9 Å². The molecule has 0 aliphatic carbocycles. The molecule has 2 rings (SSSR count). The van der Waals surface area contributed by atoms with Gasteiger partial charge in [-0.05, 0) is 38.0 Å². The van der Waals surface area contributed by atoms with Gasteiger partial charge in [-0.25, -0.2) is 0 Å². The van der Waals surface area contributed by atoms with Crippen molar-refractivity contribution in [2.24, 2.45) is 11.1 Å². The number of piperidine rings is 1. The van der Waals surface area contributed by atoms with Crippen molar-refractivity contribution in [3.8, 4) is 0 Å². The summed E-state index contributed by atoms with van der Waals surface area (Å²) in [5.74, 6) is -1.24. The molecule has 1 aliphatic heterocycles. The monoisotopic (exact) mass is 340 g/mol. The number of carbonyl (C=O) groups is 2. The zero-order valence-corrected chi connectivity index (χ0v) is 12.8. The van der Waals surface area contributed by atoms with E-state index in [1.54, 1.807) is 19.1 Å². The van der Waals surface area contributed by atoms with Crippen molar-refractivity contribution in [2.45, 2.75) is 19.8 Å². The Hall–Kier alpha value is -1.56. The van der Waals surface area contributed by atoms with Gasteiger partial charge in [0.2, 0.25) is 0 Å². The number of carboxylic acid groups (broad SMARTS) is 1. The zero-order chi connectivity index (χ0) is 14.9. The molecule has 5 nitrogen and oxygen atoms in total. The number of primary amides is 1. The van der Waals surface area contributed by atoms with E-state index in [-0.39, 0.29) is 0 Å². The molecule has 0 atom stereocenters. The molecule has 0 aromatic heterocycles. The summed E-state index contributed by atoms with van der Waals surface area (Å²) >= 11 is 3.38. The first-order valence-corrected chi connectivity index (χ1v) is 7.20. The Morgan fingerprint density at radius 2 is 1.95 bits per heavy atom. The van der Waals surface area contributed by atoms with Crippen molar-refractivity contribution < 1.29 is 14.7 Å². The number of hydrogen-bond acceptors (Lipinski definition) is 3. The molecule has 6 heteroatoms. The van der Waals surface area contributed by atoms with Crippen LogP contribution in [0.5, 0.6) is 0 Å². The Bertz CT molecular complexity index is 551. The lowest BCUT2D eigenvalue weighted by molar-refractivity contribution is -0.149. The molecular weight excluding hydrogens is 324 g/mol. The number of amides is 1. The first kappa shape index (κ1) is 14.8. The van der Waals surface area contributed by atoms with Crippen molar-refractivity contribution in [1.29, 1.82) is 0 Å². The fourth-order valence-electron chi connectivity index (χ4n) is 2.43. The molecule has 1 aromatic carbocycles. The molecule has 1 aromatic rings. The number of halogens is 1. The summed E-state index contributed by atoms with van der Waals surface area (Å²) in [7, 11) is 0. The van der Waals surface area contributed by atoms with E-state index < -0.39 is 17.3 Å². The number of rotatable bonds is 3. The van der Waals surface area contributed by atoms with Crippen molar-refractivity contribution in [2.75, 3.05) is 18.0 Å². The van der Waals surface area contributed by atoms with E-state index in [1.165, 1.54) is 0 Å². The van der Waals surface area contributed by atoms with Crippen LogP contribution in [0.1, 0.15) is 30.1 Å². The van der Waals surface area contributed by atoms with Gasteiger partial charge in [0.25, 0.3) is 5.91 Å². The van der Waals surface area contributed by atoms with Crippen molar-refractivity contribution in [1.82, 2.24) is 0 Å². The van der Waals surface area contributed by atoms with Gasteiger partial charge in [-0.15, -0.1) is 0 Å². The van der Waals surface area contributed by atoms with Crippen molar-refractivity contribution in [3.63, 3.8) is 0 Å². The van der Waals surface area contributed by atoms with E-state index in [4.69, 9.17) is 5.73 Å². The summed E-state index contributed by atoms with van der Waals surface area (Å²) in [6.07, 6.45) is 1.10. The largest absolute Gasteiger partial charge is 0.481 e. The van der Waals surface area contributed by atoms with Crippen LogP contribution >= 0.6 is 15.9 Å². The highest BCUT2D eigenvalue weighted by Gasteiger charge is 2.37. The van der Waals surface area contributed by atoms with Gasteiger partial charge < -0.3 is 15.7 Å². The predicted octanol–water partition coefficient (Wildman–Crippen LogP) is 2.24. The van der Waals surface area contributed by atoms with E-state index in [9.17, 15) is 14.7 Å². The zero-order valence-electron chi connectivity index (χ0n) is 11.2. The average molecular weight is 341 g/mol. The number of nitrogens with two attached hydrogens (primary N) is 1. The van der Waals surface area contributed by atoms with Crippen LogP contribution in [-0.2, 0) is 4.79 Å². The fourth-order valence-corrected chi connectivity index (χ4v) is 2.78. The predicted molar refractivity (Wildman–Crippen MR) is 79.8 cm³/mol. The number of nitrogens with zero attached hydrogens (tertiary/aromatic N) is 1. The number of carbonyl (C=O) groups excluding carboxylic acids is 1. The molecule has 1 aliphatic rings. The van der Waals surface area contributed by atoms with E-state index in [1.807, 2.05) is 11.0 Å². The summed E-state index contributed by atoms with van der Waals surface area (Å²) in [6.45, 7) is 2.96. The number of carboxylic acids is 1. The second-order valence-corrected chi connectivity index (χ2v) is 6.29. The molecular formula is C14H17BrN2O3. The highest BCUT2D eigenvalue weighted by atomic mass is 79.9. The van der Waals surface area contributed by atoms with Gasteiger partial charge >= 0.3 is 5.97 Å². The van der Waals surface area contributed by atoms with Gasteiger partial charge in [0.15, 0.2) is 0 Å². The van der Waals surface area contributed by atoms with Gasteiger partial charge in [0.1, 0.15) is 0 Å². The van der Waals surface area contributed by atoms with E-state index >= 15 is 0 Å². The lowest BCUT2D eigenvalue weighted by Crippen LogP contribution is -2.43. The minimum Gasteiger partial charge on any atom is -0.481 e. The van der Waals surface area contributed by atoms with Crippen LogP contribution in [0.4, 0.5) is 5.69 Å². The lowest BCUT2D eigenvalue weighted by atomic mass is 9.80. The highest BCUT2D eigenvalue weighted by Crippen LogP contribution is 2.35. The maximum Gasteiger partial charge on any atom is 0.309 e. The summed E-state index contributed by atoms with van der Waals surface area (Å²) in [6, 6.07) is 5.31. The number of aliphatic carboxylic acids is 1.